The first kappa shape index (κ1) is 17.9. The van der Waals surface area contributed by atoms with Crippen LogP contribution in [0, 0.1) is 12.9 Å². The van der Waals surface area contributed by atoms with Crippen molar-refractivity contribution >= 4 is 0 Å². The van der Waals surface area contributed by atoms with Gasteiger partial charge in [0.25, 0.3) is 6.01 Å². The average Bonchev–Trinajstić information content (AvgIpc) is 3.14. The molecule has 0 radical (unpaired) electrons. The van der Waals surface area contributed by atoms with Crippen LogP contribution in [0.3, 0.4) is 0 Å². The van der Waals surface area contributed by atoms with E-state index >= 15 is 0 Å². The zero-order valence-electron chi connectivity index (χ0n) is 14.8. The lowest BCUT2D eigenvalue weighted by atomic mass is 10.0. The number of unbranched alkanes of at least 4 members (excludes halogenated alkanes) is 1. The molecule has 1 unspecified atom stereocenters. The first-order valence-corrected chi connectivity index (χ1v) is 8.83. The fraction of sp³-hybridized carbons (Fsp3) is 0.778. The molecule has 5 atom stereocenters. The van der Waals surface area contributed by atoms with Crippen LogP contribution in [0.5, 0.6) is 0 Å². The Morgan fingerprint density at radius 3 is 2.71 bits per heavy atom. The molecular weight excluding hydrogens is 315 g/mol. The predicted molar refractivity (Wildman–Crippen MR) is 84.8 cm³/mol. The Balaban J connectivity index is 1.69. The van der Waals surface area contributed by atoms with E-state index in [9.17, 15) is 4.39 Å². The molecule has 0 saturated carbocycles. The Kier molecular flexibility index (Phi) is 5.30. The number of rotatable bonds is 7. The number of fused-ring (bicyclic) bond motifs is 1. The smallest absolute Gasteiger partial charge is 0.278 e. The van der Waals surface area contributed by atoms with Crippen LogP contribution in [0.25, 0.3) is 0 Å². The second kappa shape index (κ2) is 7.12. The van der Waals surface area contributed by atoms with E-state index in [1.165, 1.54) is 6.07 Å². The fourth-order valence-electron chi connectivity index (χ4n) is 3.27. The highest BCUT2D eigenvalue weighted by Gasteiger charge is 2.56. The maximum atomic E-state index is 13.2. The van der Waals surface area contributed by atoms with Gasteiger partial charge in [0.1, 0.15) is 24.6 Å². The molecule has 2 aliphatic heterocycles. The van der Waals surface area contributed by atoms with Crippen molar-refractivity contribution in [2.75, 3.05) is 0 Å². The van der Waals surface area contributed by atoms with E-state index in [1.54, 1.807) is 6.92 Å². The number of aryl methyl sites for hydroxylation is 1. The summed E-state index contributed by atoms with van der Waals surface area (Å²) in [4.78, 5) is 0. The van der Waals surface area contributed by atoms with E-state index in [0.717, 1.165) is 31.2 Å². The third-order valence-corrected chi connectivity index (χ3v) is 4.90. The molecule has 24 heavy (non-hydrogen) atoms. The summed E-state index contributed by atoms with van der Waals surface area (Å²) in [6.45, 7) is 8.07. The largest absolute Gasteiger partial charge is 0.433 e. The summed E-state index contributed by atoms with van der Waals surface area (Å²) in [5.41, 5.74) is 0.745. The summed E-state index contributed by atoms with van der Waals surface area (Å²) in [7, 11) is 0. The van der Waals surface area contributed by atoms with Crippen LogP contribution in [-0.2, 0) is 25.6 Å². The first-order chi connectivity index (χ1) is 11.5. The molecule has 1 aromatic rings. The van der Waals surface area contributed by atoms with Gasteiger partial charge in [-0.1, -0.05) is 26.7 Å². The van der Waals surface area contributed by atoms with Gasteiger partial charge in [-0.25, -0.2) is 0 Å². The maximum Gasteiger partial charge on any atom is 0.278 e. The number of halogens is 1. The summed E-state index contributed by atoms with van der Waals surface area (Å²) in [6.07, 6.45) is 2.74. The summed E-state index contributed by atoms with van der Waals surface area (Å²) in [5, 5.41) is 0. The van der Waals surface area contributed by atoms with Crippen LogP contribution in [0.1, 0.15) is 57.8 Å². The van der Waals surface area contributed by atoms with E-state index < -0.39 is 18.1 Å². The van der Waals surface area contributed by atoms with E-state index in [0.29, 0.717) is 5.76 Å². The number of hydrogen-bond acceptors (Lipinski definition) is 5. The minimum Gasteiger partial charge on any atom is -0.433 e. The minimum atomic E-state index is -0.640. The lowest BCUT2D eigenvalue weighted by molar-refractivity contribution is -0.230. The zero-order valence-corrected chi connectivity index (χ0v) is 14.8. The number of hydrogen-bond donors (Lipinski definition) is 0. The molecule has 0 amide bonds. The van der Waals surface area contributed by atoms with E-state index in [-0.39, 0.29) is 24.9 Å². The van der Waals surface area contributed by atoms with Crippen LogP contribution in [0.2, 0.25) is 0 Å². The topological polar surface area (TPSA) is 50.1 Å². The number of ether oxygens (including phenoxy) is 4. The Bertz CT molecular complexity index is 560. The van der Waals surface area contributed by atoms with Crippen LogP contribution in [0.4, 0.5) is 4.39 Å². The summed E-state index contributed by atoms with van der Waals surface area (Å²) in [6, 6.07) is 0.776. The molecule has 0 N–H and O–H groups in total. The lowest BCUT2D eigenvalue weighted by Crippen LogP contribution is -2.37. The zero-order chi connectivity index (χ0) is 17.3. The Morgan fingerprint density at radius 1 is 1.29 bits per heavy atom. The average molecular weight is 342 g/mol. The monoisotopic (exact) mass is 342 g/mol. The second-order valence-corrected chi connectivity index (χ2v) is 6.81. The third-order valence-electron chi connectivity index (χ3n) is 4.90. The molecule has 2 aliphatic rings. The van der Waals surface area contributed by atoms with Gasteiger partial charge in [-0.05, 0) is 32.3 Å². The fourth-order valence-corrected chi connectivity index (χ4v) is 3.27. The van der Waals surface area contributed by atoms with Crippen molar-refractivity contribution in [3.05, 3.63) is 23.4 Å². The molecule has 3 heterocycles. The van der Waals surface area contributed by atoms with Gasteiger partial charge in [0.2, 0.25) is 0 Å². The van der Waals surface area contributed by atoms with E-state index in [1.807, 2.05) is 13.8 Å². The maximum absolute atomic E-state index is 13.2. The molecule has 136 valence electrons. The van der Waals surface area contributed by atoms with Gasteiger partial charge < -0.3 is 23.4 Å². The van der Waals surface area contributed by atoms with Crippen LogP contribution in [0.15, 0.2) is 10.5 Å². The Morgan fingerprint density at radius 2 is 2.08 bits per heavy atom. The third kappa shape index (κ3) is 3.52. The van der Waals surface area contributed by atoms with E-state index in [2.05, 4.69) is 6.92 Å². The number of furan rings is 1. The van der Waals surface area contributed by atoms with Crippen molar-refractivity contribution in [2.24, 2.45) is 0 Å². The Hall–Kier alpha value is -0.950. The molecule has 5 nitrogen and oxygen atoms in total. The van der Waals surface area contributed by atoms with Gasteiger partial charge in [-0.3, -0.25) is 0 Å². The molecular formula is C18H27FO5. The van der Waals surface area contributed by atoms with Gasteiger partial charge in [0, 0.05) is 6.07 Å². The summed E-state index contributed by atoms with van der Waals surface area (Å²) < 4.78 is 42.4. The van der Waals surface area contributed by atoms with Crippen molar-refractivity contribution in [1.29, 1.82) is 0 Å². The van der Waals surface area contributed by atoms with Crippen LogP contribution < -0.4 is 0 Å². The molecule has 0 aliphatic carbocycles. The SMILES string of the molecule is CCCC[C@H]1O[C@@H]2OC(C)(CC)O[C@@H]2[C@H]1OCc1oc(F)cc1C. The van der Waals surface area contributed by atoms with Gasteiger partial charge in [0.15, 0.2) is 12.1 Å². The van der Waals surface area contributed by atoms with Gasteiger partial charge in [-0.15, -0.1) is 0 Å². The normalized spacial score (nSPS) is 35.5. The second-order valence-electron chi connectivity index (χ2n) is 6.81. The quantitative estimate of drug-likeness (QED) is 0.748. The van der Waals surface area contributed by atoms with Crippen molar-refractivity contribution in [3.63, 3.8) is 0 Å². The molecule has 6 heteroatoms. The predicted octanol–water partition coefficient (Wildman–Crippen LogP) is 4.07. The highest BCUT2D eigenvalue weighted by molar-refractivity contribution is 5.14. The molecule has 1 aromatic heterocycles. The van der Waals surface area contributed by atoms with Crippen LogP contribution in [-0.4, -0.2) is 30.4 Å². The van der Waals surface area contributed by atoms with Gasteiger partial charge in [-0.2, -0.15) is 4.39 Å². The van der Waals surface area contributed by atoms with E-state index in [4.69, 9.17) is 23.4 Å². The lowest BCUT2D eigenvalue weighted by Gasteiger charge is -2.27. The van der Waals surface area contributed by atoms with Crippen molar-refractivity contribution in [2.45, 2.75) is 90.4 Å². The van der Waals surface area contributed by atoms with Crippen LogP contribution >= 0.6 is 0 Å². The molecule has 2 fully saturated rings. The molecule has 0 spiro atoms. The van der Waals surface area contributed by atoms with Gasteiger partial charge >= 0.3 is 0 Å². The molecule has 0 aromatic carbocycles. The highest BCUT2D eigenvalue weighted by Crippen LogP contribution is 2.41. The van der Waals surface area contributed by atoms with Crippen molar-refractivity contribution < 1.29 is 27.8 Å². The summed E-state index contributed by atoms with van der Waals surface area (Å²) >= 11 is 0. The standard InChI is InChI=1S/C18H27FO5/c1-5-7-8-12-15(20-10-13-11(3)9-14(19)21-13)16-17(22-12)24-18(4,6-2)23-16/h9,12,15-17H,5-8,10H2,1-4H3/t12-,15+,16-,17-,18?/m1/s1. The highest BCUT2D eigenvalue weighted by atomic mass is 19.1. The van der Waals surface area contributed by atoms with Crippen molar-refractivity contribution in [1.82, 2.24) is 0 Å². The first-order valence-electron chi connectivity index (χ1n) is 8.83. The summed E-state index contributed by atoms with van der Waals surface area (Å²) in [5.74, 6) is -0.137. The molecule has 0 bridgehead atoms. The Labute approximate surface area is 142 Å². The minimum absolute atomic E-state index is 0.0820. The van der Waals surface area contributed by atoms with Crippen molar-refractivity contribution in [3.8, 4) is 0 Å². The molecule has 3 rings (SSSR count). The van der Waals surface area contributed by atoms with Gasteiger partial charge in [0.05, 0.1) is 6.10 Å². The molecule has 2 saturated heterocycles.